The Morgan fingerprint density at radius 1 is 0.972 bits per heavy atom. The zero-order valence-electron chi connectivity index (χ0n) is 20.1. The zero-order chi connectivity index (χ0) is 25.4. The van der Waals surface area contributed by atoms with E-state index in [-0.39, 0.29) is 29.9 Å². The van der Waals surface area contributed by atoms with Gasteiger partial charge in [0.1, 0.15) is 6.61 Å². The first kappa shape index (κ1) is 24.2. The van der Waals surface area contributed by atoms with Crippen molar-refractivity contribution in [2.24, 2.45) is 0 Å². The van der Waals surface area contributed by atoms with Crippen molar-refractivity contribution < 1.29 is 22.5 Å². The van der Waals surface area contributed by atoms with Crippen LogP contribution >= 0.6 is 0 Å². The van der Waals surface area contributed by atoms with Crippen molar-refractivity contribution in [2.75, 3.05) is 38.5 Å². The minimum Gasteiger partial charge on any atom is -0.448 e. The van der Waals surface area contributed by atoms with Gasteiger partial charge in [0, 0.05) is 44.3 Å². The largest absolute Gasteiger partial charge is 0.509 e. The Balaban J connectivity index is 1.19. The van der Waals surface area contributed by atoms with Crippen LogP contribution in [-0.2, 0) is 11.3 Å². The first-order valence-electron chi connectivity index (χ1n) is 12.1. The molecule has 2 N–H and O–H groups in total. The van der Waals surface area contributed by atoms with E-state index in [1.165, 1.54) is 18.1 Å². The van der Waals surface area contributed by atoms with Crippen LogP contribution in [0, 0.1) is 6.92 Å². The van der Waals surface area contributed by atoms with Crippen molar-refractivity contribution in [3.8, 4) is 11.1 Å². The second-order valence-corrected chi connectivity index (χ2v) is 9.54. The minimum atomic E-state index is -5.13. The molecule has 0 radical (unpaired) electrons. The molecule has 9 heteroatoms. The molecule has 5 nitrogen and oxygen atoms in total. The molecule has 1 saturated heterocycles. The number of nitrogens with zero attached hydrogens (tertiary/aromatic N) is 2. The van der Waals surface area contributed by atoms with Crippen LogP contribution in [-0.4, -0.2) is 55.7 Å². The third-order valence-electron chi connectivity index (χ3n) is 7.29. The number of piperazine rings is 1. The van der Waals surface area contributed by atoms with E-state index in [0.29, 0.717) is 38.3 Å². The first-order chi connectivity index (χ1) is 17.2. The highest BCUT2D eigenvalue weighted by atomic mass is 19.4. The molecule has 0 unspecified atom stereocenters. The van der Waals surface area contributed by atoms with E-state index < -0.39 is 12.4 Å². The third-order valence-corrected chi connectivity index (χ3v) is 7.29. The summed E-state index contributed by atoms with van der Waals surface area (Å²) in [7, 11) is 0. The topological polar surface area (TPSA) is 58.8 Å². The molecule has 0 spiro atoms. The highest BCUT2D eigenvalue weighted by molar-refractivity contribution is 6.74. The molecule has 36 heavy (non-hydrogen) atoms. The highest BCUT2D eigenvalue weighted by Crippen LogP contribution is 2.44. The molecule has 1 amide bonds. The summed E-state index contributed by atoms with van der Waals surface area (Å²) in [6, 6.07) is 19.0. The maximum Gasteiger partial charge on any atom is 0.509 e. The molecule has 3 aromatic rings. The summed E-state index contributed by atoms with van der Waals surface area (Å²) in [6.07, 6.45) is -0.362. The molecule has 0 bridgehead atoms. The van der Waals surface area contributed by atoms with Gasteiger partial charge in [0.25, 0.3) is 0 Å². The fourth-order valence-corrected chi connectivity index (χ4v) is 5.34. The standard InChI is InChI=1S/C27H28BF3N3O2/c1-18-19(14-20(32)15-26(18)28(29,30)31)16-33-10-12-34(13-11-33)27(35)36-17-25-23-8-4-2-6-21(23)22-7-3-5-9-24(22)25/h2-9,14-15,25H,10-13,16-17,32H2,1H3/q-1. The second-order valence-electron chi connectivity index (χ2n) is 9.54. The van der Waals surface area contributed by atoms with Crippen LogP contribution in [0.3, 0.4) is 0 Å². The molecule has 1 aliphatic carbocycles. The number of nitrogen functional groups attached to an aromatic ring is 1. The van der Waals surface area contributed by atoms with Crippen LogP contribution in [0.15, 0.2) is 60.7 Å². The number of hydrogen-bond donors (Lipinski definition) is 1. The maximum absolute atomic E-state index is 13.4. The van der Waals surface area contributed by atoms with Crippen molar-refractivity contribution in [1.29, 1.82) is 0 Å². The second kappa shape index (κ2) is 9.54. The van der Waals surface area contributed by atoms with Gasteiger partial charge < -0.3 is 28.3 Å². The monoisotopic (exact) mass is 494 g/mol. The molecular formula is C27H28BF3N3O2-. The van der Waals surface area contributed by atoms with Crippen LogP contribution in [0.25, 0.3) is 11.1 Å². The van der Waals surface area contributed by atoms with Crippen molar-refractivity contribution in [1.82, 2.24) is 9.80 Å². The lowest BCUT2D eigenvalue weighted by molar-refractivity contribution is 0.0728. The smallest absolute Gasteiger partial charge is 0.448 e. The molecule has 3 aromatic carbocycles. The number of rotatable bonds is 5. The summed E-state index contributed by atoms with van der Waals surface area (Å²) in [5.74, 6) is -0.00132. The molecule has 1 fully saturated rings. The number of fused-ring (bicyclic) bond motifs is 3. The van der Waals surface area contributed by atoms with Gasteiger partial charge >= 0.3 is 13.1 Å². The number of benzene rings is 3. The van der Waals surface area contributed by atoms with E-state index >= 15 is 0 Å². The molecule has 2 aliphatic rings. The number of amides is 1. The number of nitrogens with two attached hydrogens (primary N) is 1. The molecule has 0 saturated carbocycles. The van der Waals surface area contributed by atoms with Gasteiger partial charge in [-0.2, -0.15) is 0 Å². The predicted molar refractivity (Wildman–Crippen MR) is 136 cm³/mol. The maximum atomic E-state index is 13.4. The van der Waals surface area contributed by atoms with Crippen LogP contribution in [0.4, 0.5) is 23.4 Å². The Kier molecular flexibility index (Phi) is 6.43. The van der Waals surface area contributed by atoms with Crippen LogP contribution < -0.4 is 11.2 Å². The van der Waals surface area contributed by atoms with Crippen molar-refractivity contribution in [3.05, 3.63) is 82.9 Å². The van der Waals surface area contributed by atoms with Crippen LogP contribution in [0.5, 0.6) is 0 Å². The number of halogens is 3. The molecule has 1 heterocycles. The number of hydrogen-bond acceptors (Lipinski definition) is 4. The summed E-state index contributed by atoms with van der Waals surface area (Å²) < 4.78 is 46.0. The van der Waals surface area contributed by atoms with Gasteiger partial charge in [0.2, 0.25) is 0 Å². The summed E-state index contributed by atoms with van der Waals surface area (Å²) >= 11 is 0. The number of anilines is 1. The van der Waals surface area contributed by atoms with Gasteiger partial charge in [0.15, 0.2) is 0 Å². The molecular weight excluding hydrogens is 466 g/mol. The van der Waals surface area contributed by atoms with Crippen molar-refractivity contribution in [2.45, 2.75) is 19.4 Å². The van der Waals surface area contributed by atoms with E-state index in [2.05, 4.69) is 24.3 Å². The van der Waals surface area contributed by atoms with Crippen LogP contribution in [0.1, 0.15) is 28.2 Å². The van der Waals surface area contributed by atoms with E-state index in [4.69, 9.17) is 10.5 Å². The quantitative estimate of drug-likeness (QED) is 0.413. The van der Waals surface area contributed by atoms with Gasteiger partial charge in [-0.05, 0) is 40.8 Å². The Morgan fingerprint density at radius 3 is 2.14 bits per heavy atom. The molecule has 0 aromatic heterocycles. The highest BCUT2D eigenvalue weighted by Gasteiger charge is 2.31. The average molecular weight is 494 g/mol. The lowest BCUT2D eigenvalue weighted by Gasteiger charge is -2.35. The van der Waals surface area contributed by atoms with E-state index in [1.54, 1.807) is 11.0 Å². The molecule has 0 atom stereocenters. The zero-order valence-corrected chi connectivity index (χ0v) is 20.1. The third kappa shape index (κ3) is 4.67. The van der Waals surface area contributed by atoms with Gasteiger partial charge in [0.05, 0.1) is 0 Å². The van der Waals surface area contributed by atoms with Gasteiger partial charge in [-0.1, -0.05) is 60.2 Å². The van der Waals surface area contributed by atoms with Gasteiger partial charge in [-0.25, -0.2) is 4.79 Å². The lowest BCUT2D eigenvalue weighted by Crippen LogP contribution is -2.48. The van der Waals surface area contributed by atoms with E-state index in [1.807, 2.05) is 29.2 Å². The van der Waals surface area contributed by atoms with Gasteiger partial charge in [-0.3, -0.25) is 4.90 Å². The Labute approximate surface area is 208 Å². The Bertz CT molecular complexity index is 1240. The molecule has 1 aliphatic heterocycles. The Hall–Kier alpha value is -3.46. The van der Waals surface area contributed by atoms with Gasteiger partial charge in [-0.15, -0.1) is 5.46 Å². The first-order valence-corrected chi connectivity index (χ1v) is 12.1. The van der Waals surface area contributed by atoms with Crippen molar-refractivity contribution >= 4 is 24.2 Å². The minimum absolute atomic E-state index is 0.00132. The summed E-state index contributed by atoms with van der Waals surface area (Å²) in [6.45, 7) is -1.02. The number of ether oxygens (including phenoxy) is 1. The normalized spacial score (nSPS) is 16.1. The molecule has 5 rings (SSSR count). The lowest BCUT2D eigenvalue weighted by atomic mass is 9.75. The number of carbonyl (C=O) groups excluding carboxylic acids is 1. The summed E-state index contributed by atoms with van der Waals surface area (Å²) in [5.41, 5.74) is 10.7. The van der Waals surface area contributed by atoms with Crippen molar-refractivity contribution in [3.63, 3.8) is 0 Å². The van der Waals surface area contributed by atoms with E-state index in [9.17, 15) is 17.7 Å². The molecule has 188 valence electrons. The average Bonchev–Trinajstić information content (AvgIpc) is 3.18. The fraction of sp³-hybridized carbons (Fsp3) is 0.296. The Morgan fingerprint density at radius 2 is 1.56 bits per heavy atom. The van der Waals surface area contributed by atoms with E-state index in [0.717, 1.165) is 17.2 Å². The predicted octanol–water partition coefficient (Wildman–Crippen LogP) is 4.70. The summed E-state index contributed by atoms with van der Waals surface area (Å²) in [4.78, 5) is 16.6. The SMILES string of the molecule is Cc1c(CN2CCN(C(=O)OCC3c4ccccc4-c4ccccc43)CC2)cc(N)cc1[B-](F)(F)F. The summed E-state index contributed by atoms with van der Waals surface area (Å²) in [5, 5.41) is 0. The number of carbonyl (C=O) groups is 1. The van der Waals surface area contributed by atoms with Crippen LogP contribution in [0.2, 0.25) is 0 Å². The fourth-order valence-electron chi connectivity index (χ4n) is 5.34.